The first-order chi connectivity index (χ1) is 14.4. The van der Waals surface area contributed by atoms with E-state index in [0.717, 1.165) is 6.26 Å². The van der Waals surface area contributed by atoms with E-state index in [9.17, 15) is 27.3 Å². The number of nitro groups is 1. The number of hydrogen-bond donors (Lipinski definition) is 0. The highest BCUT2D eigenvalue weighted by atomic mass is 32.2. The van der Waals surface area contributed by atoms with Gasteiger partial charge in [-0.2, -0.15) is 8.78 Å². The number of aryl methyl sites for hydroxylation is 1. The maximum absolute atomic E-state index is 12.7. The average molecular weight is 458 g/mol. The maximum atomic E-state index is 12.7. The lowest BCUT2D eigenvalue weighted by Crippen LogP contribution is -2.18. The Balaban J connectivity index is 2.55. The number of halogens is 2. The van der Waals surface area contributed by atoms with E-state index < -0.39 is 27.3 Å². The normalized spacial score (nSPS) is 12.6. The van der Waals surface area contributed by atoms with E-state index in [0.29, 0.717) is 16.7 Å². The Labute approximate surface area is 179 Å². The molecule has 0 amide bonds. The van der Waals surface area contributed by atoms with Crippen LogP contribution < -0.4 is 9.47 Å². The third-order valence-corrected chi connectivity index (χ3v) is 5.72. The van der Waals surface area contributed by atoms with Crippen molar-refractivity contribution in [2.75, 3.05) is 18.6 Å². The third kappa shape index (κ3) is 6.58. The van der Waals surface area contributed by atoms with Gasteiger partial charge in [-0.3, -0.25) is 15.1 Å². The van der Waals surface area contributed by atoms with Gasteiger partial charge in [-0.1, -0.05) is 6.07 Å². The molecule has 1 heterocycles. The molecular weight excluding hydrogens is 434 g/mol. The lowest BCUT2D eigenvalue weighted by molar-refractivity contribution is -0.386. The van der Waals surface area contributed by atoms with Crippen LogP contribution in [-0.2, 0) is 16.3 Å². The van der Waals surface area contributed by atoms with E-state index in [1.54, 1.807) is 20.8 Å². The van der Waals surface area contributed by atoms with E-state index in [1.807, 2.05) is 0 Å². The Hall–Kier alpha value is -2.82. The molecule has 0 saturated carbocycles. The molecule has 31 heavy (non-hydrogen) atoms. The quantitative estimate of drug-likeness (QED) is 0.391. The Morgan fingerprint density at radius 3 is 2.45 bits per heavy atom. The zero-order chi connectivity index (χ0) is 23.3. The molecule has 1 atom stereocenters. The molecule has 11 heteroatoms. The van der Waals surface area contributed by atoms with E-state index in [1.165, 1.54) is 24.4 Å². The first-order valence-electron chi connectivity index (χ1n) is 9.41. The molecule has 0 fully saturated rings. The number of pyridine rings is 1. The summed E-state index contributed by atoms with van der Waals surface area (Å²) in [4.78, 5) is 15.3. The molecular formula is C20H24F2N2O6S. The van der Waals surface area contributed by atoms with Crippen LogP contribution in [0.15, 0.2) is 24.4 Å². The Bertz CT molecular complexity index is 1060. The van der Waals surface area contributed by atoms with Crippen LogP contribution in [0.4, 0.5) is 14.5 Å². The number of ether oxygens (including phenoxy) is 2. The van der Waals surface area contributed by atoms with Crippen molar-refractivity contribution in [3.63, 3.8) is 0 Å². The van der Waals surface area contributed by atoms with Gasteiger partial charge < -0.3 is 9.47 Å². The highest BCUT2D eigenvalue weighted by Gasteiger charge is 2.27. The molecule has 0 aliphatic heterocycles. The van der Waals surface area contributed by atoms with Crippen molar-refractivity contribution >= 4 is 15.5 Å². The van der Waals surface area contributed by atoms with Crippen LogP contribution in [0, 0.1) is 24.0 Å². The van der Waals surface area contributed by atoms with Gasteiger partial charge in [-0.15, -0.1) is 0 Å². The van der Waals surface area contributed by atoms with Crippen LogP contribution in [0.3, 0.4) is 0 Å². The SMILES string of the molecule is CCOc1cc(C(Cc2ncc(C)c(C)c2[N+](=O)[O-])CS(C)(=O)=O)ccc1OC(F)F. The second kappa shape index (κ2) is 9.99. The van der Waals surface area contributed by atoms with Crippen LogP contribution in [0.2, 0.25) is 0 Å². The molecule has 0 spiro atoms. The molecule has 2 rings (SSSR count). The van der Waals surface area contributed by atoms with E-state index in [4.69, 9.17) is 4.74 Å². The molecule has 0 aliphatic carbocycles. The molecule has 0 aliphatic rings. The van der Waals surface area contributed by atoms with Crippen molar-refractivity contribution in [1.29, 1.82) is 0 Å². The van der Waals surface area contributed by atoms with Crippen molar-refractivity contribution in [3.8, 4) is 11.5 Å². The third-order valence-electron chi connectivity index (χ3n) is 4.72. The summed E-state index contributed by atoms with van der Waals surface area (Å²) < 4.78 is 59.3. The molecule has 1 aromatic heterocycles. The fourth-order valence-corrected chi connectivity index (χ4v) is 4.28. The van der Waals surface area contributed by atoms with Gasteiger partial charge in [-0.05, 0) is 44.0 Å². The summed E-state index contributed by atoms with van der Waals surface area (Å²) in [5, 5.41) is 11.6. The second-order valence-corrected chi connectivity index (χ2v) is 9.31. The first kappa shape index (κ1) is 24.4. The van der Waals surface area contributed by atoms with Crippen molar-refractivity contribution < 1.29 is 31.6 Å². The van der Waals surface area contributed by atoms with Gasteiger partial charge in [0.2, 0.25) is 0 Å². The number of hydrogen-bond acceptors (Lipinski definition) is 7. The highest BCUT2D eigenvalue weighted by Crippen LogP contribution is 2.35. The number of aromatic nitrogens is 1. The Morgan fingerprint density at radius 1 is 1.23 bits per heavy atom. The summed E-state index contributed by atoms with van der Waals surface area (Å²) in [5.74, 6) is -1.20. The summed E-state index contributed by atoms with van der Waals surface area (Å²) >= 11 is 0. The van der Waals surface area contributed by atoms with E-state index >= 15 is 0 Å². The predicted molar refractivity (Wildman–Crippen MR) is 111 cm³/mol. The summed E-state index contributed by atoms with van der Waals surface area (Å²) in [6, 6.07) is 4.14. The molecule has 170 valence electrons. The molecule has 1 aromatic carbocycles. The van der Waals surface area contributed by atoms with Crippen molar-refractivity contribution in [2.24, 2.45) is 0 Å². The summed E-state index contributed by atoms with van der Waals surface area (Å²) in [5.41, 5.74) is 1.52. The number of rotatable bonds is 10. The second-order valence-electron chi connectivity index (χ2n) is 7.13. The number of benzene rings is 1. The summed E-state index contributed by atoms with van der Waals surface area (Å²) in [6.45, 7) is 2.08. The monoisotopic (exact) mass is 458 g/mol. The smallest absolute Gasteiger partial charge is 0.387 e. The van der Waals surface area contributed by atoms with Crippen LogP contribution in [-0.4, -0.2) is 43.6 Å². The van der Waals surface area contributed by atoms with Gasteiger partial charge in [0.25, 0.3) is 5.69 Å². The highest BCUT2D eigenvalue weighted by molar-refractivity contribution is 7.90. The zero-order valence-corrected chi connectivity index (χ0v) is 18.4. The van der Waals surface area contributed by atoms with E-state index in [2.05, 4.69) is 9.72 Å². The number of nitrogens with zero attached hydrogens (tertiary/aromatic N) is 2. The van der Waals surface area contributed by atoms with Crippen molar-refractivity contribution in [1.82, 2.24) is 4.98 Å². The maximum Gasteiger partial charge on any atom is 0.387 e. The number of alkyl halides is 2. The molecule has 2 aromatic rings. The number of sulfone groups is 1. The minimum atomic E-state index is -3.49. The summed E-state index contributed by atoms with van der Waals surface area (Å²) in [6.07, 6.45) is 2.52. The van der Waals surface area contributed by atoms with Gasteiger partial charge in [0, 0.05) is 30.4 Å². The minimum absolute atomic E-state index is 0.0290. The molecule has 0 radical (unpaired) electrons. The largest absolute Gasteiger partial charge is 0.490 e. The summed E-state index contributed by atoms with van der Waals surface area (Å²) in [7, 11) is -3.49. The molecule has 0 N–H and O–H groups in total. The van der Waals surface area contributed by atoms with E-state index in [-0.39, 0.29) is 41.7 Å². The van der Waals surface area contributed by atoms with Crippen LogP contribution in [0.5, 0.6) is 11.5 Å². The van der Waals surface area contributed by atoms with Crippen LogP contribution in [0.25, 0.3) is 0 Å². The zero-order valence-electron chi connectivity index (χ0n) is 17.6. The van der Waals surface area contributed by atoms with Gasteiger partial charge in [-0.25, -0.2) is 8.42 Å². The molecule has 0 bridgehead atoms. The van der Waals surface area contributed by atoms with Gasteiger partial charge in [0.1, 0.15) is 15.5 Å². The van der Waals surface area contributed by atoms with Crippen molar-refractivity contribution in [2.45, 2.75) is 39.7 Å². The standard InChI is InChI=1S/C20H24F2N2O6S/c1-5-29-18-9-14(6-7-17(18)30-20(21)22)15(11-31(4,27)28)8-16-19(24(25)26)13(3)12(2)10-23-16/h6-7,9-10,15,20H,5,8,11H2,1-4H3. The van der Waals surface area contributed by atoms with Gasteiger partial charge >= 0.3 is 6.61 Å². The fraction of sp³-hybridized carbons (Fsp3) is 0.450. The topological polar surface area (TPSA) is 109 Å². The van der Waals surface area contributed by atoms with Gasteiger partial charge in [0.05, 0.1) is 17.3 Å². The predicted octanol–water partition coefficient (Wildman–Crippen LogP) is 3.98. The Morgan fingerprint density at radius 2 is 1.90 bits per heavy atom. The Kier molecular flexibility index (Phi) is 7.88. The lowest BCUT2D eigenvalue weighted by atomic mass is 9.93. The molecule has 1 unspecified atom stereocenters. The molecule has 8 nitrogen and oxygen atoms in total. The lowest BCUT2D eigenvalue weighted by Gasteiger charge is -2.19. The molecule has 0 saturated heterocycles. The minimum Gasteiger partial charge on any atom is -0.490 e. The van der Waals surface area contributed by atoms with Crippen molar-refractivity contribution in [3.05, 3.63) is 56.9 Å². The van der Waals surface area contributed by atoms with Gasteiger partial charge in [0.15, 0.2) is 11.5 Å². The van der Waals surface area contributed by atoms with Crippen LogP contribution in [0.1, 0.15) is 35.2 Å². The van der Waals surface area contributed by atoms with Crippen LogP contribution >= 0.6 is 0 Å². The average Bonchev–Trinajstić information content (AvgIpc) is 2.64. The first-order valence-corrected chi connectivity index (χ1v) is 11.5. The fourth-order valence-electron chi connectivity index (χ4n) is 3.24.